The summed E-state index contributed by atoms with van der Waals surface area (Å²) in [6, 6.07) is 15.8. The lowest BCUT2D eigenvalue weighted by Gasteiger charge is -2.31. The van der Waals surface area contributed by atoms with Crippen molar-refractivity contribution in [3.63, 3.8) is 0 Å². The van der Waals surface area contributed by atoms with Gasteiger partial charge in [-0.25, -0.2) is 0 Å². The third-order valence-electron chi connectivity index (χ3n) is 4.87. The van der Waals surface area contributed by atoms with Gasteiger partial charge in [0.05, 0.1) is 12.8 Å². The zero-order valence-electron chi connectivity index (χ0n) is 15.8. The second kappa shape index (κ2) is 9.45. The van der Waals surface area contributed by atoms with Gasteiger partial charge in [-0.15, -0.1) is 10.2 Å². The van der Waals surface area contributed by atoms with E-state index in [2.05, 4.69) is 36.3 Å². The SMILES string of the molecule is O=C(NCc1ccco1)C1CCN(c2ccc(Sc3ccc(Br)cc3)nn2)CC1. The van der Waals surface area contributed by atoms with Crippen LogP contribution < -0.4 is 10.2 Å². The number of aromatic nitrogens is 2. The van der Waals surface area contributed by atoms with E-state index in [4.69, 9.17) is 4.42 Å². The van der Waals surface area contributed by atoms with Crippen LogP contribution in [0.15, 0.2) is 73.6 Å². The molecule has 29 heavy (non-hydrogen) atoms. The van der Waals surface area contributed by atoms with Crippen LogP contribution in [0.5, 0.6) is 0 Å². The van der Waals surface area contributed by atoms with Crippen molar-refractivity contribution < 1.29 is 9.21 Å². The smallest absolute Gasteiger partial charge is 0.223 e. The van der Waals surface area contributed by atoms with Crippen LogP contribution in [0.4, 0.5) is 5.82 Å². The Morgan fingerprint density at radius 2 is 1.93 bits per heavy atom. The zero-order valence-corrected chi connectivity index (χ0v) is 18.2. The molecule has 1 N–H and O–H groups in total. The Morgan fingerprint density at radius 1 is 1.14 bits per heavy atom. The van der Waals surface area contributed by atoms with E-state index in [0.717, 1.165) is 51.9 Å². The highest BCUT2D eigenvalue weighted by Gasteiger charge is 2.25. The van der Waals surface area contributed by atoms with Gasteiger partial charge in [0.15, 0.2) is 5.82 Å². The fourth-order valence-corrected chi connectivity index (χ4v) is 4.26. The Bertz CT molecular complexity index is 924. The molecule has 6 nitrogen and oxygen atoms in total. The van der Waals surface area contributed by atoms with Crippen molar-refractivity contribution in [1.82, 2.24) is 15.5 Å². The summed E-state index contributed by atoms with van der Waals surface area (Å²) in [7, 11) is 0. The molecule has 0 saturated carbocycles. The van der Waals surface area contributed by atoms with Gasteiger partial charge in [-0.2, -0.15) is 0 Å². The van der Waals surface area contributed by atoms with E-state index in [9.17, 15) is 4.79 Å². The van der Waals surface area contributed by atoms with Crippen molar-refractivity contribution in [3.05, 3.63) is 65.0 Å². The molecule has 0 unspecified atom stereocenters. The first kappa shape index (κ1) is 20.0. The van der Waals surface area contributed by atoms with Crippen molar-refractivity contribution in [3.8, 4) is 0 Å². The van der Waals surface area contributed by atoms with Crippen LogP contribution >= 0.6 is 27.7 Å². The fraction of sp³-hybridized carbons (Fsp3) is 0.286. The van der Waals surface area contributed by atoms with Gasteiger partial charge in [0.2, 0.25) is 5.91 Å². The molecule has 1 aromatic carbocycles. The molecule has 1 saturated heterocycles. The summed E-state index contributed by atoms with van der Waals surface area (Å²) in [6.45, 7) is 2.04. The highest BCUT2D eigenvalue weighted by molar-refractivity contribution is 9.10. The highest BCUT2D eigenvalue weighted by Crippen LogP contribution is 2.28. The zero-order chi connectivity index (χ0) is 20.1. The maximum Gasteiger partial charge on any atom is 0.223 e. The summed E-state index contributed by atoms with van der Waals surface area (Å²) < 4.78 is 6.31. The average Bonchev–Trinajstić information content (AvgIpc) is 3.28. The topological polar surface area (TPSA) is 71.3 Å². The first-order valence-electron chi connectivity index (χ1n) is 9.49. The van der Waals surface area contributed by atoms with E-state index in [1.54, 1.807) is 18.0 Å². The Labute approximate surface area is 182 Å². The quantitative estimate of drug-likeness (QED) is 0.568. The lowest BCUT2D eigenvalue weighted by molar-refractivity contribution is -0.125. The largest absolute Gasteiger partial charge is 0.467 e. The molecule has 2 aromatic heterocycles. The van der Waals surface area contributed by atoms with Crippen LogP contribution in [-0.4, -0.2) is 29.2 Å². The number of furan rings is 1. The first-order chi connectivity index (χ1) is 14.2. The van der Waals surface area contributed by atoms with Gasteiger partial charge in [-0.1, -0.05) is 27.7 Å². The number of halogens is 1. The van der Waals surface area contributed by atoms with Crippen molar-refractivity contribution in [2.45, 2.75) is 29.3 Å². The molecule has 1 aliphatic heterocycles. The number of hydrogen-bond acceptors (Lipinski definition) is 6. The molecule has 0 bridgehead atoms. The number of piperidine rings is 1. The van der Waals surface area contributed by atoms with E-state index in [0.29, 0.717) is 6.54 Å². The summed E-state index contributed by atoms with van der Waals surface area (Å²) in [5, 5.41) is 12.6. The number of rotatable bonds is 6. The third kappa shape index (κ3) is 5.39. The summed E-state index contributed by atoms with van der Waals surface area (Å²) in [5.74, 6) is 1.75. The van der Waals surface area contributed by atoms with Crippen molar-refractivity contribution in [2.75, 3.05) is 18.0 Å². The van der Waals surface area contributed by atoms with E-state index in [1.807, 2.05) is 48.5 Å². The van der Waals surface area contributed by atoms with Crippen LogP contribution in [0.25, 0.3) is 0 Å². The van der Waals surface area contributed by atoms with Crippen molar-refractivity contribution >= 4 is 39.4 Å². The lowest BCUT2D eigenvalue weighted by Crippen LogP contribution is -2.40. The molecule has 3 aromatic rings. The van der Waals surface area contributed by atoms with E-state index >= 15 is 0 Å². The van der Waals surface area contributed by atoms with Gasteiger partial charge in [-0.05, 0) is 61.4 Å². The fourth-order valence-electron chi connectivity index (χ4n) is 3.26. The van der Waals surface area contributed by atoms with Crippen LogP contribution in [0.3, 0.4) is 0 Å². The van der Waals surface area contributed by atoms with Crippen molar-refractivity contribution in [1.29, 1.82) is 0 Å². The minimum Gasteiger partial charge on any atom is -0.467 e. The molecule has 4 rings (SSSR count). The van der Waals surface area contributed by atoms with Gasteiger partial charge in [0.1, 0.15) is 10.8 Å². The normalized spacial score (nSPS) is 14.7. The molecule has 0 spiro atoms. The molecule has 3 heterocycles. The second-order valence-electron chi connectivity index (χ2n) is 6.84. The maximum atomic E-state index is 12.4. The van der Waals surface area contributed by atoms with E-state index in [-0.39, 0.29) is 11.8 Å². The summed E-state index contributed by atoms with van der Waals surface area (Å²) in [5.41, 5.74) is 0. The monoisotopic (exact) mass is 472 g/mol. The summed E-state index contributed by atoms with van der Waals surface area (Å²) >= 11 is 5.03. The molecule has 150 valence electrons. The Hall–Kier alpha value is -2.32. The molecule has 0 aliphatic carbocycles. The standard InChI is InChI=1S/C21H21BrN4O2S/c22-16-3-5-18(6-4-16)29-20-8-7-19(24-25-20)26-11-9-15(10-12-26)21(27)23-14-17-2-1-13-28-17/h1-8,13,15H,9-12,14H2,(H,23,27). The molecule has 8 heteroatoms. The number of carbonyl (C=O) groups excluding carboxylic acids is 1. The number of nitrogens with zero attached hydrogens (tertiary/aromatic N) is 3. The third-order valence-corrected chi connectivity index (χ3v) is 6.33. The minimum absolute atomic E-state index is 0.0291. The number of nitrogens with one attached hydrogen (secondary N) is 1. The molecular formula is C21H21BrN4O2S. The molecule has 1 aliphatic rings. The Morgan fingerprint density at radius 3 is 2.59 bits per heavy atom. The Balaban J connectivity index is 1.27. The number of benzene rings is 1. The van der Waals surface area contributed by atoms with Gasteiger partial charge in [-0.3, -0.25) is 4.79 Å². The first-order valence-corrected chi connectivity index (χ1v) is 11.1. The maximum absolute atomic E-state index is 12.4. The van der Waals surface area contributed by atoms with Crippen LogP contribution in [0, 0.1) is 5.92 Å². The number of hydrogen-bond donors (Lipinski definition) is 1. The predicted molar refractivity (Wildman–Crippen MR) is 116 cm³/mol. The van der Waals surface area contributed by atoms with Gasteiger partial charge in [0, 0.05) is 28.4 Å². The molecule has 1 fully saturated rings. The number of amides is 1. The summed E-state index contributed by atoms with van der Waals surface area (Å²) in [4.78, 5) is 15.7. The van der Waals surface area contributed by atoms with Crippen LogP contribution in [0.2, 0.25) is 0 Å². The van der Waals surface area contributed by atoms with Gasteiger partial charge >= 0.3 is 0 Å². The molecule has 0 atom stereocenters. The van der Waals surface area contributed by atoms with Crippen LogP contribution in [0.1, 0.15) is 18.6 Å². The van der Waals surface area contributed by atoms with Crippen molar-refractivity contribution in [2.24, 2.45) is 5.92 Å². The van der Waals surface area contributed by atoms with Crippen LogP contribution in [-0.2, 0) is 11.3 Å². The van der Waals surface area contributed by atoms with Gasteiger partial charge < -0.3 is 14.6 Å². The molecular weight excluding hydrogens is 452 g/mol. The predicted octanol–water partition coefficient (Wildman–Crippen LogP) is 4.52. The minimum atomic E-state index is 0.0291. The van der Waals surface area contributed by atoms with Gasteiger partial charge in [0.25, 0.3) is 0 Å². The highest BCUT2D eigenvalue weighted by atomic mass is 79.9. The number of carbonyl (C=O) groups is 1. The average molecular weight is 473 g/mol. The second-order valence-corrected chi connectivity index (χ2v) is 8.85. The molecule has 1 amide bonds. The van der Waals surface area contributed by atoms with E-state index < -0.39 is 0 Å². The molecule has 0 radical (unpaired) electrons. The summed E-state index contributed by atoms with van der Waals surface area (Å²) in [6.07, 6.45) is 3.23. The van der Waals surface area contributed by atoms with E-state index in [1.165, 1.54) is 0 Å². The number of anilines is 1. The lowest BCUT2D eigenvalue weighted by atomic mass is 9.96. The Kier molecular flexibility index (Phi) is 6.51.